The summed E-state index contributed by atoms with van der Waals surface area (Å²) < 4.78 is 2.17. The van der Waals surface area contributed by atoms with Crippen LogP contribution in [0.2, 0.25) is 0 Å². The van der Waals surface area contributed by atoms with Gasteiger partial charge in [-0.05, 0) is 42.9 Å². The minimum Gasteiger partial charge on any atom is -0.260 e. The average molecular weight is 396 g/mol. The Morgan fingerprint density at radius 3 is 3.04 bits per heavy atom. The lowest BCUT2D eigenvalue weighted by atomic mass is 9.89. The van der Waals surface area contributed by atoms with Gasteiger partial charge in [0.1, 0.15) is 10.7 Å². The highest BCUT2D eigenvalue weighted by Gasteiger charge is 2.25. The van der Waals surface area contributed by atoms with Crippen molar-refractivity contribution < 1.29 is 0 Å². The zero-order valence-corrected chi connectivity index (χ0v) is 17.1. The third-order valence-corrected chi connectivity index (χ3v) is 7.34. The van der Waals surface area contributed by atoms with Gasteiger partial charge in [0.25, 0.3) is 0 Å². The minimum atomic E-state index is 0.759. The Balaban J connectivity index is 1.63. The fraction of sp³-hybridized carbons (Fsp3) is 0.400. The Hall–Kier alpha value is -1.99. The maximum Gasteiger partial charge on any atom is 0.197 e. The summed E-state index contributed by atoms with van der Waals surface area (Å²) in [5.41, 5.74) is 3.49. The summed E-state index contributed by atoms with van der Waals surface area (Å²) in [5, 5.41) is 11.3. The van der Waals surface area contributed by atoms with Crippen LogP contribution in [0, 0.1) is 5.92 Å². The summed E-state index contributed by atoms with van der Waals surface area (Å²) >= 11 is 3.54. The molecule has 4 heterocycles. The zero-order valence-electron chi connectivity index (χ0n) is 15.5. The van der Waals surface area contributed by atoms with Crippen LogP contribution < -0.4 is 0 Å². The van der Waals surface area contributed by atoms with Crippen LogP contribution in [0.15, 0.2) is 29.6 Å². The molecule has 1 atom stereocenters. The topological polar surface area (TPSA) is 56.0 Å². The molecule has 5 nitrogen and oxygen atoms in total. The van der Waals surface area contributed by atoms with Crippen molar-refractivity contribution in [1.29, 1.82) is 0 Å². The molecule has 0 N–H and O–H groups in total. The van der Waals surface area contributed by atoms with Crippen LogP contribution in [0.4, 0.5) is 0 Å². The molecule has 0 saturated carbocycles. The first-order valence-corrected chi connectivity index (χ1v) is 11.3. The van der Waals surface area contributed by atoms with Crippen molar-refractivity contribution in [2.45, 2.75) is 50.4 Å². The number of nitrogens with zero attached hydrogens (tertiary/aromatic N) is 5. The minimum absolute atomic E-state index is 0.759. The molecule has 5 rings (SSSR count). The zero-order chi connectivity index (χ0) is 18.4. The van der Waals surface area contributed by atoms with Gasteiger partial charge in [0.2, 0.25) is 0 Å². The van der Waals surface area contributed by atoms with Crippen LogP contribution in [-0.2, 0) is 25.0 Å². The Morgan fingerprint density at radius 1 is 1.30 bits per heavy atom. The molecule has 0 radical (unpaired) electrons. The van der Waals surface area contributed by atoms with Crippen molar-refractivity contribution in [3.8, 4) is 0 Å². The van der Waals surface area contributed by atoms with Gasteiger partial charge < -0.3 is 0 Å². The molecule has 1 aliphatic rings. The van der Waals surface area contributed by atoms with Crippen LogP contribution >= 0.6 is 23.1 Å². The van der Waals surface area contributed by atoms with Gasteiger partial charge in [0.15, 0.2) is 10.8 Å². The van der Waals surface area contributed by atoms with E-state index in [1.807, 2.05) is 35.7 Å². The maximum atomic E-state index is 5.01. The number of aryl methyl sites for hydroxylation is 2. The molecule has 0 fully saturated rings. The molecule has 27 heavy (non-hydrogen) atoms. The molecular formula is C20H21N5S2. The predicted octanol–water partition coefficient (Wildman–Crippen LogP) is 4.71. The molecular weight excluding hydrogens is 374 g/mol. The first kappa shape index (κ1) is 17.1. The number of pyridine rings is 1. The lowest BCUT2D eigenvalue weighted by Crippen LogP contribution is -2.09. The first-order chi connectivity index (χ1) is 13.2. The van der Waals surface area contributed by atoms with E-state index in [2.05, 4.69) is 33.4 Å². The fourth-order valence-electron chi connectivity index (χ4n) is 3.83. The molecule has 1 aliphatic carbocycles. The second-order valence-corrected chi connectivity index (χ2v) is 9.19. The largest absolute Gasteiger partial charge is 0.260 e. The normalized spacial score (nSPS) is 16.9. The lowest BCUT2D eigenvalue weighted by Gasteiger charge is -2.17. The van der Waals surface area contributed by atoms with Gasteiger partial charge in [-0.3, -0.25) is 9.38 Å². The monoisotopic (exact) mass is 395 g/mol. The third-order valence-electron chi connectivity index (χ3n) is 5.23. The molecule has 4 aromatic heterocycles. The highest BCUT2D eigenvalue weighted by molar-refractivity contribution is 7.98. The van der Waals surface area contributed by atoms with Crippen LogP contribution in [0.3, 0.4) is 0 Å². The van der Waals surface area contributed by atoms with E-state index in [1.165, 1.54) is 28.7 Å². The van der Waals surface area contributed by atoms with Gasteiger partial charge in [0, 0.05) is 23.2 Å². The molecule has 7 heteroatoms. The average Bonchev–Trinajstić information content (AvgIpc) is 3.26. The molecule has 0 saturated heterocycles. The van der Waals surface area contributed by atoms with Crippen LogP contribution in [0.25, 0.3) is 15.9 Å². The Morgan fingerprint density at radius 2 is 2.22 bits per heavy atom. The smallest absolute Gasteiger partial charge is 0.197 e. The van der Waals surface area contributed by atoms with Crippen molar-refractivity contribution in [3.63, 3.8) is 0 Å². The summed E-state index contributed by atoms with van der Waals surface area (Å²) in [5.74, 6) is 2.58. The number of thiophene rings is 1. The van der Waals surface area contributed by atoms with E-state index < -0.39 is 0 Å². The van der Waals surface area contributed by atoms with Crippen molar-refractivity contribution >= 4 is 39.0 Å². The number of thioether (sulfide) groups is 1. The quantitative estimate of drug-likeness (QED) is 0.468. The second kappa shape index (κ2) is 6.87. The number of hydrogen-bond donors (Lipinski definition) is 0. The van der Waals surface area contributed by atoms with Gasteiger partial charge in [-0.25, -0.2) is 4.98 Å². The number of fused-ring (bicyclic) bond motifs is 5. The molecule has 138 valence electrons. The Bertz CT molecular complexity index is 1120. The van der Waals surface area contributed by atoms with E-state index >= 15 is 0 Å². The van der Waals surface area contributed by atoms with Crippen molar-refractivity contribution in [2.24, 2.45) is 5.92 Å². The van der Waals surface area contributed by atoms with Gasteiger partial charge in [-0.2, -0.15) is 0 Å². The van der Waals surface area contributed by atoms with E-state index in [1.54, 1.807) is 11.8 Å². The number of hydrogen-bond acceptors (Lipinski definition) is 6. The molecule has 0 aliphatic heterocycles. The van der Waals surface area contributed by atoms with E-state index in [0.717, 1.165) is 51.7 Å². The molecule has 0 aromatic carbocycles. The Kier molecular flexibility index (Phi) is 4.36. The number of aromatic nitrogens is 5. The summed E-state index contributed by atoms with van der Waals surface area (Å²) in [6.07, 6.45) is 6.23. The fourth-order valence-corrected chi connectivity index (χ4v) is 6.09. The number of rotatable bonds is 4. The second-order valence-electron chi connectivity index (χ2n) is 7.16. The van der Waals surface area contributed by atoms with Gasteiger partial charge in [0.05, 0.1) is 11.1 Å². The Labute approximate surface area is 166 Å². The van der Waals surface area contributed by atoms with Crippen molar-refractivity contribution in [3.05, 3.63) is 46.4 Å². The van der Waals surface area contributed by atoms with E-state index in [0.29, 0.717) is 0 Å². The summed E-state index contributed by atoms with van der Waals surface area (Å²) in [4.78, 5) is 12.1. The SMILES string of the molecule is CCc1nc2sc3c(c2c2nnc(SCc4ccccn4)n12)CCC(C)C3. The molecule has 4 aromatic rings. The van der Waals surface area contributed by atoms with E-state index in [4.69, 9.17) is 4.98 Å². The summed E-state index contributed by atoms with van der Waals surface area (Å²) in [6, 6.07) is 6.01. The third kappa shape index (κ3) is 2.93. The van der Waals surface area contributed by atoms with Crippen LogP contribution in [-0.4, -0.2) is 24.6 Å². The van der Waals surface area contributed by atoms with Crippen LogP contribution in [0.5, 0.6) is 0 Å². The first-order valence-electron chi connectivity index (χ1n) is 9.45. The molecule has 0 spiro atoms. The highest BCUT2D eigenvalue weighted by Crippen LogP contribution is 2.39. The molecule has 0 amide bonds. The van der Waals surface area contributed by atoms with E-state index in [-0.39, 0.29) is 0 Å². The van der Waals surface area contributed by atoms with Gasteiger partial charge in [-0.15, -0.1) is 21.5 Å². The molecule has 1 unspecified atom stereocenters. The van der Waals surface area contributed by atoms with Gasteiger partial charge in [-0.1, -0.05) is 31.7 Å². The predicted molar refractivity (Wildman–Crippen MR) is 111 cm³/mol. The summed E-state index contributed by atoms with van der Waals surface area (Å²) in [6.45, 7) is 4.49. The summed E-state index contributed by atoms with van der Waals surface area (Å²) in [7, 11) is 0. The highest BCUT2D eigenvalue weighted by atomic mass is 32.2. The molecule has 0 bridgehead atoms. The van der Waals surface area contributed by atoms with E-state index in [9.17, 15) is 0 Å². The van der Waals surface area contributed by atoms with Crippen molar-refractivity contribution in [2.75, 3.05) is 0 Å². The lowest BCUT2D eigenvalue weighted by molar-refractivity contribution is 0.509. The standard InChI is InChI=1S/C20H21N5S2/c1-3-16-22-19-17(14-8-7-12(2)10-15(14)27-19)18-23-24-20(25(16)18)26-11-13-6-4-5-9-21-13/h4-6,9,12H,3,7-8,10-11H2,1-2H3. The van der Waals surface area contributed by atoms with Gasteiger partial charge >= 0.3 is 0 Å². The van der Waals surface area contributed by atoms with Crippen molar-refractivity contribution in [1.82, 2.24) is 24.6 Å². The maximum absolute atomic E-state index is 5.01. The van der Waals surface area contributed by atoms with Crippen LogP contribution in [0.1, 0.15) is 42.2 Å².